The minimum atomic E-state index is -0.305. The molecule has 0 bridgehead atoms. The maximum absolute atomic E-state index is 12.9. The van der Waals surface area contributed by atoms with Gasteiger partial charge in [-0.05, 0) is 25.5 Å². The topological polar surface area (TPSA) is 66.1 Å². The summed E-state index contributed by atoms with van der Waals surface area (Å²) in [6, 6.07) is 5.33. The molecule has 3 rings (SSSR count). The Labute approximate surface area is 165 Å². The van der Waals surface area contributed by atoms with Crippen LogP contribution >= 0.6 is 11.6 Å². The molecule has 1 heterocycles. The minimum absolute atomic E-state index is 0. The molecule has 0 spiro atoms. The van der Waals surface area contributed by atoms with Crippen molar-refractivity contribution in [3.63, 3.8) is 0 Å². The van der Waals surface area contributed by atoms with E-state index in [9.17, 15) is 9.90 Å². The molecule has 6 heteroatoms. The molecule has 1 aromatic carbocycles. The number of hydrogen-bond donors (Lipinski definition) is 2. The third-order valence-corrected chi connectivity index (χ3v) is 4.60. The first-order valence-electron chi connectivity index (χ1n) is 7.45. The van der Waals surface area contributed by atoms with Crippen LogP contribution in [0.3, 0.4) is 0 Å². The van der Waals surface area contributed by atoms with E-state index in [-0.39, 0.29) is 61.3 Å². The molecule has 4 nitrogen and oxygen atoms in total. The second-order valence-corrected chi connectivity index (χ2v) is 6.17. The Kier molecular flexibility index (Phi) is 6.04. The molecule has 2 aromatic rings. The second kappa shape index (κ2) is 7.46. The molecule has 1 unspecified atom stereocenters. The summed E-state index contributed by atoms with van der Waals surface area (Å²) in [6.45, 7) is 1.51. The number of aromatic hydroxyl groups is 1. The molecule has 1 saturated carbocycles. The average molecular weight is 407 g/mol. The zero-order valence-corrected chi connectivity index (χ0v) is 16.6. The summed E-state index contributed by atoms with van der Waals surface area (Å²) in [7, 11) is 0. The van der Waals surface area contributed by atoms with Gasteiger partial charge in [0, 0.05) is 44.5 Å². The van der Waals surface area contributed by atoms with Gasteiger partial charge in [-0.2, -0.15) is 12.8 Å². The molecule has 0 amide bonds. The fourth-order valence-corrected chi connectivity index (χ4v) is 3.52. The molecular formula is C17H18ClN2O2Y-. The Morgan fingerprint density at radius 2 is 2.22 bits per heavy atom. The van der Waals surface area contributed by atoms with Crippen LogP contribution in [0.1, 0.15) is 44.2 Å². The van der Waals surface area contributed by atoms with Gasteiger partial charge in [0.2, 0.25) is 0 Å². The van der Waals surface area contributed by atoms with Crippen molar-refractivity contribution in [2.24, 2.45) is 0 Å². The predicted molar refractivity (Wildman–Crippen MR) is 89.2 cm³/mol. The Morgan fingerprint density at radius 1 is 1.48 bits per heavy atom. The van der Waals surface area contributed by atoms with Gasteiger partial charge < -0.3 is 21.5 Å². The van der Waals surface area contributed by atoms with Crippen molar-refractivity contribution in [1.82, 2.24) is 4.57 Å². The first-order chi connectivity index (χ1) is 10.5. The van der Waals surface area contributed by atoms with Gasteiger partial charge in [0.25, 0.3) is 5.56 Å². The third kappa shape index (κ3) is 3.26. The number of hydrogen-bond acceptors (Lipinski definition) is 3. The van der Waals surface area contributed by atoms with E-state index in [1.54, 1.807) is 22.8 Å². The quantitative estimate of drug-likeness (QED) is 0.583. The minimum Gasteiger partial charge on any atom is -0.506 e. The summed E-state index contributed by atoms with van der Waals surface area (Å²) in [5.41, 5.74) is 0.435. The van der Waals surface area contributed by atoms with Crippen molar-refractivity contribution in [2.75, 3.05) is 0 Å². The molecule has 1 aromatic heterocycles. The maximum atomic E-state index is 12.9. The number of nitrogens with one attached hydrogen (secondary N) is 1. The van der Waals surface area contributed by atoms with E-state index in [0.29, 0.717) is 15.9 Å². The molecule has 1 atom stereocenters. The number of halogens is 1. The predicted octanol–water partition coefficient (Wildman–Crippen LogP) is 4.07. The Morgan fingerprint density at radius 3 is 2.83 bits per heavy atom. The van der Waals surface area contributed by atoms with Crippen LogP contribution in [0.25, 0.3) is 10.9 Å². The number of fused-ring (bicyclic) bond motifs is 1. The van der Waals surface area contributed by atoms with E-state index < -0.39 is 0 Å². The van der Waals surface area contributed by atoms with Crippen LogP contribution in [-0.2, 0) is 32.7 Å². The number of aromatic nitrogens is 1. The van der Waals surface area contributed by atoms with Crippen molar-refractivity contribution in [3.8, 4) is 5.75 Å². The molecular weight excluding hydrogens is 389 g/mol. The zero-order chi connectivity index (χ0) is 15.9. The van der Waals surface area contributed by atoms with E-state index in [2.05, 4.69) is 6.42 Å². The summed E-state index contributed by atoms with van der Waals surface area (Å²) in [5.74, 6) is -0.186. The summed E-state index contributed by atoms with van der Waals surface area (Å²) < 4.78 is 1.71. The molecule has 119 valence electrons. The van der Waals surface area contributed by atoms with Crippen LogP contribution in [0, 0.1) is 11.8 Å². The van der Waals surface area contributed by atoms with Crippen molar-refractivity contribution < 1.29 is 37.8 Å². The van der Waals surface area contributed by atoms with Gasteiger partial charge in [-0.25, -0.2) is 0 Å². The van der Waals surface area contributed by atoms with Gasteiger partial charge >= 0.3 is 0 Å². The maximum Gasteiger partial charge on any atom is 0.264 e. The van der Waals surface area contributed by atoms with Crippen LogP contribution in [0.4, 0.5) is 0 Å². The third-order valence-electron chi connectivity index (χ3n) is 4.28. The number of pyridine rings is 1. The van der Waals surface area contributed by atoms with Crippen LogP contribution in [0.5, 0.6) is 5.75 Å². The van der Waals surface area contributed by atoms with Gasteiger partial charge in [0.15, 0.2) is 0 Å². The van der Waals surface area contributed by atoms with Crippen LogP contribution in [0.2, 0.25) is 5.02 Å². The fraction of sp³-hybridized carbons (Fsp3) is 0.353. The number of rotatable bonds is 2. The normalized spacial score (nSPS) is 17.7. The summed E-state index contributed by atoms with van der Waals surface area (Å²) in [4.78, 5) is 12.9. The van der Waals surface area contributed by atoms with Crippen molar-refractivity contribution in [1.29, 1.82) is 5.41 Å². The standard InChI is InChI=1S/C17H18ClN2O2.Y/c1-10(19)14-16(21)15-12(18)8-5-9-13(15)20(17(14)22)11-6-3-2-4-7-11;/h3,5,8-9,11,19,21H,2,4,6-7H2,1H3;/q-1;. The van der Waals surface area contributed by atoms with Crippen molar-refractivity contribution in [3.05, 3.63) is 45.6 Å². The molecule has 1 radical (unpaired) electrons. The fourth-order valence-electron chi connectivity index (χ4n) is 3.26. The molecule has 0 aliphatic heterocycles. The van der Waals surface area contributed by atoms with E-state index >= 15 is 0 Å². The van der Waals surface area contributed by atoms with E-state index in [4.69, 9.17) is 17.0 Å². The van der Waals surface area contributed by atoms with Gasteiger partial charge in [0.1, 0.15) is 11.3 Å². The molecule has 0 saturated heterocycles. The molecule has 1 fully saturated rings. The monoisotopic (exact) mass is 406 g/mol. The summed E-state index contributed by atoms with van der Waals surface area (Å²) in [6.07, 6.45) is 6.04. The van der Waals surface area contributed by atoms with Crippen molar-refractivity contribution >= 4 is 28.2 Å². The van der Waals surface area contributed by atoms with Gasteiger partial charge in [-0.1, -0.05) is 24.1 Å². The SMILES string of the molecule is CC(=N)c1c(O)c2c(Cl)cccc2n(C2C[CH-]CCC2)c1=O.[Y]. The molecule has 2 N–H and O–H groups in total. The molecule has 1 aliphatic carbocycles. The Balaban J connectivity index is 0.00000192. The Bertz CT molecular complexity index is 810. The van der Waals surface area contributed by atoms with E-state index in [0.717, 1.165) is 25.7 Å². The first kappa shape index (κ1) is 18.6. The van der Waals surface area contributed by atoms with E-state index in [1.807, 2.05) is 0 Å². The van der Waals surface area contributed by atoms with Crippen LogP contribution in [0.15, 0.2) is 23.0 Å². The smallest absolute Gasteiger partial charge is 0.264 e. The van der Waals surface area contributed by atoms with Crippen molar-refractivity contribution in [2.45, 2.75) is 38.6 Å². The van der Waals surface area contributed by atoms with Crippen LogP contribution < -0.4 is 5.56 Å². The van der Waals surface area contributed by atoms with Crippen LogP contribution in [-0.4, -0.2) is 15.4 Å². The molecule has 23 heavy (non-hydrogen) atoms. The number of nitrogens with zero attached hydrogens (tertiary/aromatic N) is 1. The first-order valence-corrected chi connectivity index (χ1v) is 7.83. The van der Waals surface area contributed by atoms with E-state index in [1.165, 1.54) is 6.92 Å². The summed E-state index contributed by atoms with van der Waals surface area (Å²) >= 11 is 6.25. The van der Waals surface area contributed by atoms with Gasteiger partial charge in [0.05, 0.1) is 15.9 Å². The number of benzene rings is 1. The van der Waals surface area contributed by atoms with Gasteiger partial charge in [-0.15, -0.1) is 0 Å². The van der Waals surface area contributed by atoms with Gasteiger partial charge in [-0.3, -0.25) is 4.79 Å². The second-order valence-electron chi connectivity index (χ2n) is 5.77. The zero-order valence-electron chi connectivity index (χ0n) is 13.0. The Hall–Kier alpha value is -0.706. The largest absolute Gasteiger partial charge is 0.506 e. The average Bonchev–Trinajstić information content (AvgIpc) is 2.47. The molecule has 1 aliphatic rings. The summed E-state index contributed by atoms with van der Waals surface area (Å²) in [5, 5.41) is 19.2.